The van der Waals surface area contributed by atoms with Gasteiger partial charge in [-0.3, -0.25) is 4.79 Å². The minimum atomic E-state index is -0.550. The van der Waals surface area contributed by atoms with Gasteiger partial charge in [0.05, 0.1) is 18.6 Å². The number of rotatable bonds is 2. The Kier molecular flexibility index (Phi) is 3.08. The second-order valence-corrected chi connectivity index (χ2v) is 6.26. The zero-order chi connectivity index (χ0) is 12.8. The van der Waals surface area contributed by atoms with Crippen molar-refractivity contribution in [2.75, 3.05) is 32.8 Å². The van der Waals surface area contributed by atoms with E-state index >= 15 is 0 Å². The molecule has 4 fully saturated rings. The van der Waals surface area contributed by atoms with Crippen molar-refractivity contribution in [2.24, 2.45) is 17.1 Å². The molecule has 5 heteroatoms. The van der Waals surface area contributed by atoms with E-state index in [1.807, 2.05) is 6.92 Å². The molecule has 18 heavy (non-hydrogen) atoms. The van der Waals surface area contributed by atoms with Crippen LogP contribution in [0.2, 0.25) is 0 Å². The number of nitrogens with two attached hydrogens (primary N) is 1. The van der Waals surface area contributed by atoms with Gasteiger partial charge in [0, 0.05) is 18.6 Å². The molecule has 0 radical (unpaired) electrons. The number of carbonyl (C=O) groups excluding carboxylic acids is 1. The Morgan fingerprint density at radius 2 is 2.17 bits per heavy atom. The maximum atomic E-state index is 12.4. The molecule has 4 rings (SSSR count). The second kappa shape index (κ2) is 4.47. The minimum absolute atomic E-state index is 0.0752. The first kappa shape index (κ1) is 12.4. The molecule has 4 aliphatic rings. The fraction of sp³-hybridized carbons (Fsp3) is 0.923. The summed E-state index contributed by atoms with van der Waals surface area (Å²) in [7, 11) is 0. The number of hydrogen-bond donors (Lipinski definition) is 2. The molecule has 102 valence electrons. The summed E-state index contributed by atoms with van der Waals surface area (Å²) >= 11 is 0. The third-order valence-electron chi connectivity index (χ3n) is 5.01. The van der Waals surface area contributed by atoms with Crippen LogP contribution in [0.4, 0.5) is 0 Å². The summed E-state index contributed by atoms with van der Waals surface area (Å²) < 4.78 is 5.35. The first-order valence-electron chi connectivity index (χ1n) is 6.96. The van der Waals surface area contributed by atoms with Crippen LogP contribution in [0.15, 0.2) is 0 Å². The van der Waals surface area contributed by atoms with Crippen LogP contribution >= 0.6 is 0 Å². The molecule has 5 nitrogen and oxygen atoms in total. The number of ether oxygens (including phenoxy) is 1. The maximum Gasteiger partial charge on any atom is 0.230 e. The minimum Gasteiger partial charge on any atom is -0.379 e. The first-order valence-corrected chi connectivity index (χ1v) is 6.96. The molecule has 4 heterocycles. The molecule has 3 unspecified atom stereocenters. The van der Waals surface area contributed by atoms with Crippen LogP contribution in [-0.2, 0) is 9.53 Å². The smallest absolute Gasteiger partial charge is 0.230 e. The summed E-state index contributed by atoms with van der Waals surface area (Å²) in [6.07, 6.45) is 2.43. The lowest BCUT2D eigenvalue weighted by molar-refractivity contribution is -0.132. The molecule has 0 aromatic rings. The average Bonchev–Trinajstić information content (AvgIpc) is 2.72. The predicted molar refractivity (Wildman–Crippen MR) is 68.0 cm³/mol. The van der Waals surface area contributed by atoms with Gasteiger partial charge in [0.25, 0.3) is 0 Å². The Morgan fingerprint density at radius 1 is 1.44 bits per heavy atom. The van der Waals surface area contributed by atoms with Crippen LogP contribution in [-0.4, -0.2) is 55.7 Å². The third kappa shape index (κ3) is 1.94. The van der Waals surface area contributed by atoms with E-state index in [9.17, 15) is 4.79 Å². The Hall–Kier alpha value is -0.650. The Morgan fingerprint density at radius 3 is 2.67 bits per heavy atom. The van der Waals surface area contributed by atoms with E-state index in [-0.39, 0.29) is 11.9 Å². The number of nitrogens with one attached hydrogen (secondary N) is 1. The Bertz CT molecular complexity index is 341. The Balaban J connectivity index is 1.64. The van der Waals surface area contributed by atoms with Gasteiger partial charge in [-0.2, -0.15) is 0 Å². The normalized spacial score (nSPS) is 47.2. The largest absolute Gasteiger partial charge is 0.379 e. The van der Waals surface area contributed by atoms with E-state index in [0.717, 1.165) is 6.54 Å². The lowest BCUT2D eigenvalue weighted by Gasteiger charge is -2.45. The van der Waals surface area contributed by atoms with Gasteiger partial charge in [-0.05, 0) is 38.8 Å². The van der Waals surface area contributed by atoms with Gasteiger partial charge in [-0.25, -0.2) is 0 Å². The Labute approximate surface area is 108 Å². The summed E-state index contributed by atoms with van der Waals surface area (Å²) in [5, 5.41) is 3.22. The molecule has 0 aliphatic carbocycles. The number of fused-ring (bicyclic) bond motifs is 3. The van der Waals surface area contributed by atoms with Crippen molar-refractivity contribution in [1.82, 2.24) is 10.2 Å². The molecule has 0 aromatic heterocycles. The summed E-state index contributed by atoms with van der Waals surface area (Å²) in [5.41, 5.74) is 5.45. The van der Waals surface area contributed by atoms with Crippen molar-refractivity contribution in [1.29, 1.82) is 0 Å². The van der Waals surface area contributed by atoms with E-state index < -0.39 is 5.41 Å². The van der Waals surface area contributed by atoms with Gasteiger partial charge >= 0.3 is 0 Å². The van der Waals surface area contributed by atoms with E-state index in [4.69, 9.17) is 10.5 Å². The fourth-order valence-corrected chi connectivity index (χ4v) is 3.38. The molecule has 0 spiro atoms. The van der Waals surface area contributed by atoms with E-state index in [2.05, 4.69) is 10.2 Å². The highest BCUT2D eigenvalue weighted by atomic mass is 16.5. The summed E-state index contributed by atoms with van der Waals surface area (Å²) in [6.45, 7) is 6.24. The van der Waals surface area contributed by atoms with Crippen LogP contribution in [0, 0.1) is 11.3 Å². The number of hydrogen-bond acceptors (Lipinski definition) is 4. The lowest BCUT2D eigenvalue weighted by Crippen LogP contribution is -2.60. The van der Waals surface area contributed by atoms with Gasteiger partial charge in [0.1, 0.15) is 0 Å². The molecular weight excluding hydrogens is 230 g/mol. The molecule has 0 aromatic carbocycles. The van der Waals surface area contributed by atoms with E-state index in [1.165, 1.54) is 25.9 Å². The predicted octanol–water partition coefficient (Wildman–Crippen LogP) is -0.439. The summed E-state index contributed by atoms with van der Waals surface area (Å²) in [5.74, 6) is 0.729. The van der Waals surface area contributed by atoms with Crippen molar-refractivity contribution in [3.8, 4) is 0 Å². The van der Waals surface area contributed by atoms with Crippen LogP contribution < -0.4 is 11.1 Å². The molecule has 0 saturated carbocycles. The van der Waals surface area contributed by atoms with Gasteiger partial charge in [-0.15, -0.1) is 0 Å². The third-order valence-corrected chi connectivity index (χ3v) is 5.01. The van der Waals surface area contributed by atoms with Gasteiger partial charge in [-0.1, -0.05) is 0 Å². The zero-order valence-corrected chi connectivity index (χ0v) is 11.0. The lowest BCUT2D eigenvalue weighted by atomic mass is 9.81. The van der Waals surface area contributed by atoms with Gasteiger partial charge in [0.15, 0.2) is 0 Å². The standard InChI is InChI=1S/C13H23N3O2/c1-13(8-18-7-11(13)14)12(17)15-10-6-16-4-2-9(10)3-5-16/h9-11H,2-8,14H2,1H3,(H,15,17). The van der Waals surface area contributed by atoms with Crippen LogP contribution in [0.5, 0.6) is 0 Å². The van der Waals surface area contributed by atoms with Gasteiger partial charge < -0.3 is 20.7 Å². The second-order valence-electron chi connectivity index (χ2n) is 6.26. The molecular formula is C13H23N3O2. The quantitative estimate of drug-likeness (QED) is 0.700. The molecule has 3 N–H and O–H groups in total. The van der Waals surface area contributed by atoms with Crippen LogP contribution in [0.3, 0.4) is 0 Å². The molecule has 1 amide bonds. The average molecular weight is 253 g/mol. The molecule has 2 bridgehead atoms. The number of carbonyl (C=O) groups is 1. The van der Waals surface area contributed by atoms with E-state index in [1.54, 1.807) is 0 Å². The maximum absolute atomic E-state index is 12.4. The highest BCUT2D eigenvalue weighted by molar-refractivity contribution is 5.84. The monoisotopic (exact) mass is 253 g/mol. The van der Waals surface area contributed by atoms with Crippen molar-refractivity contribution < 1.29 is 9.53 Å². The molecule has 4 saturated heterocycles. The SMILES string of the molecule is CC1(C(=O)NC2CN3CCC2CC3)COCC1N. The molecule has 4 aliphatic heterocycles. The van der Waals surface area contributed by atoms with Crippen molar-refractivity contribution in [3.63, 3.8) is 0 Å². The van der Waals surface area contributed by atoms with Crippen LogP contribution in [0.1, 0.15) is 19.8 Å². The summed E-state index contributed by atoms with van der Waals surface area (Å²) in [6, 6.07) is 0.128. The van der Waals surface area contributed by atoms with Crippen molar-refractivity contribution >= 4 is 5.91 Å². The van der Waals surface area contributed by atoms with E-state index in [0.29, 0.717) is 25.2 Å². The fourth-order valence-electron chi connectivity index (χ4n) is 3.38. The van der Waals surface area contributed by atoms with Crippen molar-refractivity contribution in [2.45, 2.75) is 31.8 Å². The highest BCUT2D eigenvalue weighted by Gasteiger charge is 2.46. The first-order chi connectivity index (χ1) is 8.59. The number of amides is 1. The highest BCUT2D eigenvalue weighted by Crippen LogP contribution is 2.31. The number of nitrogens with zero attached hydrogens (tertiary/aromatic N) is 1. The molecule has 3 atom stereocenters. The van der Waals surface area contributed by atoms with Crippen LogP contribution in [0.25, 0.3) is 0 Å². The van der Waals surface area contributed by atoms with Crippen molar-refractivity contribution in [3.05, 3.63) is 0 Å². The van der Waals surface area contributed by atoms with Gasteiger partial charge in [0.2, 0.25) is 5.91 Å². The summed E-state index contributed by atoms with van der Waals surface area (Å²) in [4.78, 5) is 14.9. The zero-order valence-electron chi connectivity index (χ0n) is 11.0. The number of piperidine rings is 3. The topological polar surface area (TPSA) is 67.6 Å².